The molecule has 20 heavy (non-hydrogen) atoms. The molecule has 0 atom stereocenters. The van der Waals surface area contributed by atoms with Gasteiger partial charge in [-0.3, -0.25) is 9.69 Å². The van der Waals surface area contributed by atoms with Crippen molar-refractivity contribution >= 4 is 11.9 Å². The molecule has 0 unspecified atom stereocenters. The molecule has 0 aromatic heterocycles. The maximum atomic E-state index is 11.9. The SMILES string of the molecule is CN1CC(=O)N(Cc2ccccc2C#CCCO)C1=O. The van der Waals surface area contributed by atoms with Crippen LogP contribution in [-0.4, -0.2) is 47.0 Å². The highest BCUT2D eigenvalue weighted by Crippen LogP contribution is 2.16. The second kappa shape index (κ2) is 6.22. The molecule has 1 aromatic carbocycles. The van der Waals surface area contributed by atoms with Crippen molar-refractivity contribution in [1.82, 2.24) is 9.80 Å². The Morgan fingerprint density at radius 3 is 2.70 bits per heavy atom. The number of aliphatic hydroxyl groups is 1. The summed E-state index contributed by atoms with van der Waals surface area (Å²) in [5.74, 6) is 5.61. The third-order valence-corrected chi connectivity index (χ3v) is 3.04. The van der Waals surface area contributed by atoms with Gasteiger partial charge in [-0.05, 0) is 11.6 Å². The van der Waals surface area contributed by atoms with E-state index in [9.17, 15) is 9.59 Å². The standard InChI is InChI=1S/C15H16N2O3/c1-16-11-14(19)17(15(16)20)10-13-8-3-2-6-12(13)7-4-5-9-18/h2-3,6,8,18H,5,9-11H2,1H3. The van der Waals surface area contributed by atoms with Crippen LogP contribution in [0.25, 0.3) is 0 Å². The fourth-order valence-electron chi connectivity index (χ4n) is 1.99. The summed E-state index contributed by atoms with van der Waals surface area (Å²) >= 11 is 0. The molecule has 1 fully saturated rings. The van der Waals surface area contributed by atoms with Crippen LogP contribution in [0.3, 0.4) is 0 Å². The number of carbonyl (C=O) groups excluding carboxylic acids is 2. The minimum absolute atomic E-state index is 0.0169. The van der Waals surface area contributed by atoms with Crippen molar-refractivity contribution < 1.29 is 14.7 Å². The average Bonchev–Trinajstić information content (AvgIpc) is 2.67. The predicted octanol–water partition coefficient (Wildman–Crippen LogP) is 0.814. The van der Waals surface area contributed by atoms with E-state index in [2.05, 4.69) is 11.8 Å². The lowest BCUT2D eigenvalue weighted by Crippen LogP contribution is -2.31. The first-order valence-corrected chi connectivity index (χ1v) is 6.36. The molecule has 0 saturated carbocycles. The molecule has 1 N–H and O–H groups in total. The smallest absolute Gasteiger partial charge is 0.327 e. The van der Waals surface area contributed by atoms with Crippen LogP contribution in [0.1, 0.15) is 17.5 Å². The Kier molecular flexibility index (Phi) is 4.38. The molecule has 2 rings (SSSR count). The average molecular weight is 272 g/mol. The van der Waals surface area contributed by atoms with Crippen molar-refractivity contribution in [2.45, 2.75) is 13.0 Å². The third-order valence-electron chi connectivity index (χ3n) is 3.04. The summed E-state index contributed by atoms with van der Waals surface area (Å²) in [5.41, 5.74) is 1.60. The van der Waals surface area contributed by atoms with E-state index in [-0.39, 0.29) is 31.6 Å². The lowest BCUT2D eigenvalue weighted by molar-refractivity contribution is -0.125. The summed E-state index contributed by atoms with van der Waals surface area (Å²) in [6.07, 6.45) is 0.401. The Morgan fingerprint density at radius 2 is 2.05 bits per heavy atom. The van der Waals surface area contributed by atoms with Gasteiger partial charge in [-0.25, -0.2) is 4.79 Å². The Bertz CT molecular complexity index is 586. The summed E-state index contributed by atoms with van der Waals surface area (Å²) in [4.78, 5) is 26.2. The summed E-state index contributed by atoms with van der Waals surface area (Å²) in [7, 11) is 1.60. The summed E-state index contributed by atoms with van der Waals surface area (Å²) in [6, 6.07) is 7.11. The number of rotatable bonds is 3. The zero-order valence-corrected chi connectivity index (χ0v) is 11.3. The minimum Gasteiger partial charge on any atom is -0.395 e. The van der Waals surface area contributed by atoms with Crippen LogP contribution in [0, 0.1) is 11.8 Å². The molecule has 1 aliphatic rings. The first-order valence-electron chi connectivity index (χ1n) is 6.36. The zero-order valence-electron chi connectivity index (χ0n) is 11.3. The first kappa shape index (κ1) is 14.1. The van der Waals surface area contributed by atoms with E-state index in [1.165, 1.54) is 9.80 Å². The number of likely N-dealkylation sites (N-methyl/N-ethyl adjacent to an activating group) is 1. The maximum Gasteiger partial charge on any atom is 0.327 e. The molecule has 1 heterocycles. The number of benzene rings is 1. The van der Waals surface area contributed by atoms with Crippen LogP contribution in [0.4, 0.5) is 4.79 Å². The van der Waals surface area contributed by atoms with Gasteiger partial charge in [-0.15, -0.1) is 0 Å². The van der Waals surface area contributed by atoms with Crippen LogP contribution < -0.4 is 0 Å². The number of hydrogen-bond donors (Lipinski definition) is 1. The quantitative estimate of drug-likeness (QED) is 0.654. The number of imide groups is 1. The van der Waals surface area contributed by atoms with Gasteiger partial charge in [0, 0.05) is 19.0 Å². The van der Waals surface area contributed by atoms with Crippen LogP contribution in [0.5, 0.6) is 0 Å². The molecular formula is C15H16N2O3. The molecule has 0 radical (unpaired) electrons. The van der Waals surface area contributed by atoms with Crippen LogP contribution in [0.15, 0.2) is 24.3 Å². The van der Waals surface area contributed by atoms with E-state index >= 15 is 0 Å². The van der Waals surface area contributed by atoms with Gasteiger partial charge >= 0.3 is 6.03 Å². The Labute approximate surface area is 117 Å². The van der Waals surface area contributed by atoms with Gasteiger partial charge in [0.1, 0.15) is 6.54 Å². The topological polar surface area (TPSA) is 60.9 Å². The van der Waals surface area contributed by atoms with Crippen molar-refractivity contribution in [3.05, 3.63) is 35.4 Å². The van der Waals surface area contributed by atoms with Gasteiger partial charge in [0.15, 0.2) is 0 Å². The molecule has 1 aromatic rings. The van der Waals surface area contributed by atoms with E-state index in [0.29, 0.717) is 6.42 Å². The Balaban J connectivity index is 2.20. The minimum atomic E-state index is -0.284. The van der Waals surface area contributed by atoms with Gasteiger partial charge in [-0.2, -0.15) is 0 Å². The summed E-state index contributed by atoms with van der Waals surface area (Å²) < 4.78 is 0. The second-order valence-corrected chi connectivity index (χ2v) is 4.55. The van der Waals surface area contributed by atoms with E-state index in [1.54, 1.807) is 7.05 Å². The van der Waals surface area contributed by atoms with Crippen molar-refractivity contribution in [3.63, 3.8) is 0 Å². The molecule has 5 nitrogen and oxygen atoms in total. The van der Waals surface area contributed by atoms with Gasteiger partial charge in [-0.1, -0.05) is 30.0 Å². The maximum absolute atomic E-state index is 11.9. The van der Waals surface area contributed by atoms with E-state index < -0.39 is 0 Å². The number of amides is 3. The Hall–Kier alpha value is -2.32. The van der Waals surface area contributed by atoms with Crippen molar-refractivity contribution in [1.29, 1.82) is 0 Å². The van der Waals surface area contributed by atoms with Gasteiger partial charge in [0.05, 0.1) is 13.2 Å². The number of urea groups is 1. The highest BCUT2D eigenvalue weighted by Gasteiger charge is 2.33. The normalized spacial score (nSPS) is 14.5. The Morgan fingerprint density at radius 1 is 1.30 bits per heavy atom. The molecule has 1 saturated heterocycles. The van der Waals surface area contributed by atoms with Crippen LogP contribution in [-0.2, 0) is 11.3 Å². The van der Waals surface area contributed by atoms with Crippen molar-refractivity contribution in [2.75, 3.05) is 20.2 Å². The predicted molar refractivity (Wildman–Crippen MR) is 73.6 cm³/mol. The molecule has 0 bridgehead atoms. The second-order valence-electron chi connectivity index (χ2n) is 4.55. The summed E-state index contributed by atoms with van der Waals surface area (Å²) in [5, 5.41) is 8.74. The highest BCUT2D eigenvalue weighted by molar-refractivity contribution is 6.01. The molecular weight excluding hydrogens is 256 g/mol. The molecule has 104 valence electrons. The highest BCUT2D eigenvalue weighted by atomic mass is 16.3. The van der Waals surface area contributed by atoms with Gasteiger partial charge in [0.25, 0.3) is 5.91 Å². The van der Waals surface area contributed by atoms with E-state index in [4.69, 9.17) is 5.11 Å². The van der Waals surface area contributed by atoms with Gasteiger partial charge in [0.2, 0.25) is 0 Å². The van der Waals surface area contributed by atoms with Gasteiger partial charge < -0.3 is 10.0 Å². The molecule has 0 spiro atoms. The van der Waals surface area contributed by atoms with Crippen LogP contribution >= 0.6 is 0 Å². The fourth-order valence-corrected chi connectivity index (χ4v) is 1.99. The molecule has 0 aliphatic carbocycles. The molecule has 1 aliphatic heterocycles. The molecule has 5 heteroatoms. The van der Waals surface area contributed by atoms with E-state index in [1.807, 2.05) is 24.3 Å². The molecule has 3 amide bonds. The summed E-state index contributed by atoms with van der Waals surface area (Å²) in [6.45, 7) is 0.367. The lowest BCUT2D eigenvalue weighted by Gasteiger charge is -2.15. The third kappa shape index (κ3) is 2.98. The number of nitrogens with zero attached hydrogens (tertiary/aromatic N) is 2. The monoisotopic (exact) mass is 272 g/mol. The number of carbonyl (C=O) groups is 2. The lowest BCUT2D eigenvalue weighted by atomic mass is 10.1. The van der Waals surface area contributed by atoms with Crippen LogP contribution in [0.2, 0.25) is 0 Å². The number of hydrogen-bond acceptors (Lipinski definition) is 3. The first-order chi connectivity index (χ1) is 9.63. The van der Waals surface area contributed by atoms with Crippen molar-refractivity contribution in [3.8, 4) is 11.8 Å². The fraction of sp³-hybridized carbons (Fsp3) is 0.333. The zero-order chi connectivity index (χ0) is 14.5. The van der Waals surface area contributed by atoms with Crippen molar-refractivity contribution in [2.24, 2.45) is 0 Å². The van der Waals surface area contributed by atoms with E-state index in [0.717, 1.165) is 11.1 Å². The number of aliphatic hydroxyl groups excluding tert-OH is 1. The largest absolute Gasteiger partial charge is 0.395 e.